The predicted octanol–water partition coefficient (Wildman–Crippen LogP) is 5.32. The van der Waals surface area contributed by atoms with Gasteiger partial charge in [0.25, 0.3) is 0 Å². The van der Waals surface area contributed by atoms with Crippen LogP contribution in [0, 0.1) is 0 Å². The van der Waals surface area contributed by atoms with Gasteiger partial charge in [0.15, 0.2) is 23.4 Å². The molecule has 2 heterocycles. The fourth-order valence-corrected chi connectivity index (χ4v) is 4.04. The average Bonchev–Trinajstić information content (AvgIpc) is 2.92. The number of hydrogen-bond acceptors (Lipinski definition) is 8. The Morgan fingerprint density at radius 3 is 2.70 bits per heavy atom. The Morgan fingerprint density at radius 1 is 1.13 bits per heavy atom. The summed E-state index contributed by atoms with van der Waals surface area (Å²) in [4.78, 5) is 4.55. The third kappa shape index (κ3) is 4.04. The fourth-order valence-electron chi connectivity index (χ4n) is 3.17. The Balaban J connectivity index is 1.82. The van der Waals surface area contributed by atoms with Crippen LogP contribution in [0.25, 0.3) is 11.3 Å². The highest BCUT2D eigenvalue weighted by Crippen LogP contribution is 2.43. The summed E-state index contributed by atoms with van der Waals surface area (Å²) in [5.74, 6) is 1.75. The molecule has 0 saturated heterocycles. The van der Waals surface area contributed by atoms with Gasteiger partial charge in [-0.05, 0) is 54.2 Å². The van der Waals surface area contributed by atoms with Gasteiger partial charge in [0.05, 0.1) is 17.7 Å². The van der Waals surface area contributed by atoms with Crippen LogP contribution in [0.3, 0.4) is 0 Å². The summed E-state index contributed by atoms with van der Waals surface area (Å²) in [6, 6.07) is 11.8. The number of para-hydroxylation sites is 1. The number of benzene rings is 2. The fraction of sp³-hybridized carbons (Fsp3) is 0.286. The minimum Gasteiger partial charge on any atom is -0.490 e. The molecule has 1 atom stereocenters. The molecule has 156 valence electrons. The van der Waals surface area contributed by atoms with Crippen molar-refractivity contribution < 1.29 is 14.2 Å². The van der Waals surface area contributed by atoms with Gasteiger partial charge in [-0.2, -0.15) is 4.98 Å². The largest absolute Gasteiger partial charge is 0.490 e. The zero-order valence-electron chi connectivity index (χ0n) is 16.8. The second kappa shape index (κ2) is 9.09. The topological polar surface area (TPSA) is 78.4 Å². The minimum atomic E-state index is -0.509. The van der Waals surface area contributed by atoms with Crippen LogP contribution >= 0.6 is 27.7 Å². The summed E-state index contributed by atoms with van der Waals surface area (Å²) in [5.41, 5.74) is 3.24. The number of halogens is 1. The molecule has 3 aromatic rings. The van der Waals surface area contributed by atoms with E-state index in [2.05, 4.69) is 36.4 Å². The second-order valence-electron chi connectivity index (χ2n) is 6.34. The number of fused-ring (bicyclic) bond motifs is 3. The second-order valence-corrected chi connectivity index (χ2v) is 7.96. The number of nitrogens with zero attached hydrogens (tertiary/aromatic N) is 3. The van der Waals surface area contributed by atoms with Gasteiger partial charge in [0.1, 0.15) is 0 Å². The molecule has 0 radical (unpaired) electrons. The highest BCUT2D eigenvalue weighted by Gasteiger charge is 2.27. The Bertz CT molecular complexity index is 1070. The monoisotopic (exact) mass is 488 g/mol. The lowest BCUT2D eigenvalue weighted by Crippen LogP contribution is -2.17. The number of hydrogen-bond donors (Lipinski definition) is 1. The van der Waals surface area contributed by atoms with Crippen molar-refractivity contribution in [3.63, 3.8) is 0 Å². The molecular formula is C21H21BrN4O3S. The van der Waals surface area contributed by atoms with Gasteiger partial charge in [-0.15, -0.1) is 10.2 Å². The van der Waals surface area contributed by atoms with E-state index < -0.39 is 6.23 Å². The molecule has 1 N–H and O–H groups in total. The van der Waals surface area contributed by atoms with Crippen molar-refractivity contribution in [3.05, 3.63) is 46.4 Å². The van der Waals surface area contributed by atoms with Gasteiger partial charge in [-0.25, -0.2) is 0 Å². The van der Waals surface area contributed by atoms with Gasteiger partial charge < -0.3 is 19.5 Å². The van der Waals surface area contributed by atoms with Crippen molar-refractivity contribution in [1.82, 2.24) is 15.2 Å². The molecule has 0 amide bonds. The molecule has 0 spiro atoms. The molecule has 7 nitrogen and oxygen atoms in total. The maximum Gasteiger partial charge on any atom is 0.247 e. The Kier molecular flexibility index (Phi) is 6.29. The Hall–Kier alpha value is -2.52. The summed E-state index contributed by atoms with van der Waals surface area (Å²) in [7, 11) is 0. The van der Waals surface area contributed by atoms with E-state index in [0.717, 1.165) is 21.3 Å². The van der Waals surface area contributed by atoms with Crippen LogP contribution < -0.4 is 19.5 Å². The lowest BCUT2D eigenvalue weighted by Gasteiger charge is -2.21. The number of anilines is 1. The van der Waals surface area contributed by atoms with Gasteiger partial charge in [0, 0.05) is 16.8 Å². The van der Waals surface area contributed by atoms with Gasteiger partial charge in [-0.1, -0.05) is 30.0 Å². The highest BCUT2D eigenvalue weighted by atomic mass is 79.9. The van der Waals surface area contributed by atoms with Crippen molar-refractivity contribution in [2.24, 2.45) is 0 Å². The van der Waals surface area contributed by atoms with Crippen molar-refractivity contribution in [1.29, 1.82) is 0 Å². The predicted molar refractivity (Wildman–Crippen MR) is 121 cm³/mol. The first-order valence-electron chi connectivity index (χ1n) is 9.54. The lowest BCUT2D eigenvalue weighted by molar-refractivity contribution is 0.223. The molecular weight excluding hydrogens is 468 g/mol. The standard InChI is InChI=1S/C21H21BrN4O3S/c1-4-27-16-11-12(10-14(22)18(16)28-5-2)19-23-15-9-7-6-8-13(15)17-20(29-19)24-21(30-3)26-25-17/h6-11,19,23H,4-5H2,1-3H3/t19-/m0/s1. The summed E-state index contributed by atoms with van der Waals surface area (Å²) >= 11 is 5.03. The molecule has 4 rings (SSSR count). The summed E-state index contributed by atoms with van der Waals surface area (Å²) in [5, 5.41) is 12.6. The maximum atomic E-state index is 6.30. The van der Waals surface area contributed by atoms with Crippen molar-refractivity contribution in [3.8, 4) is 28.6 Å². The van der Waals surface area contributed by atoms with E-state index in [4.69, 9.17) is 14.2 Å². The molecule has 0 unspecified atom stereocenters. The summed E-state index contributed by atoms with van der Waals surface area (Å²) in [6.45, 7) is 4.94. The van der Waals surface area contributed by atoms with Crippen molar-refractivity contribution >= 4 is 33.4 Å². The van der Waals surface area contributed by atoms with E-state index in [1.165, 1.54) is 11.8 Å². The third-order valence-corrected chi connectivity index (χ3v) is 5.57. The first-order valence-corrected chi connectivity index (χ1v) is 11.6. The van der Waals surface area contributed by atoms with E-state index >= 15 is 0 Å². The third-order valence-electron chi connectivity index (χ3n) is 4.44. The van der Waals surface area contributed by atoms with E-state index in [0.29, 0.717) is 41.4 Å². The summed E-state index contributed by atoms with van der Waals surface area (Å²) < 4.78 is 18.7. The van der Waals surface area contributed by atoms with E-state index in [1.807, 2.05) is 56.5 Å². The van der Waals surface area contributed by atoms with E-state index in [9.17, 15) is 0 Å². The lowest BCUT2D eigenvalue weighted by atomic mass is 10.1. The van der Waals surface area contributed by atoms with Gasteiger partial charge in [-0.3, -0.25) is 0 Å². The first-order chi connectivity index (χ1) is 14.6. The number of rotatable bonds is 6. The van der Waals surface area contributed by atoms with Crippen LogP contribution in [0.15, 0.2) is 46.0 Å². The van der Waals surface area contributed by atoms with Crippen LogP contribution in [0.1, 0.15) is 25.6 Å². The number of aromatic nitrogens is 3. The Labute approximate surface area is 187 Å². The van der Waals surface area contributed by atoms with Crippen LogP contribution in [0.2, 0.25) is 0 Å². The molecule has 1 aliphatic rings. The minimum absolute atomic E-state index is 0.430. The smallest absolute Gasteiger partial charge is 0.247 e. The van der Waals surface area contributed by atoms with E-state index in [1.54, 1.807) is 0 Å². The highest BCUT2D eigenvalue weighted by molar-refractivity contribution is 9.10. The summed E-state index contributed by atoms with van der Waals surface area (Å²) in [6.07, 6.45) is 1.40. The van der Waals surface area contributed by atoms with Crippen LogP contribution in [0.4, 0.5) is 5.69 Å². The zero-order chi connectivity index (χ0) is 21.1. The molecule has 30 heavy (non-hydrogen) atoms. The quantitative estimate of drug-likeness (QED) is 0.466. The average molecular weight is 489 g/mol. The number of nitrogens with one attached hydrogen (secondary N) is 1. The number of ether oxygens (including phenoxy) is 3. The normalized spacial score (nSPS) is 14.6. The molecule has 0 fully saturated rings. The van der Waals surface area contributed by atoms with Gasteiger partial charge >= 0.3 is 0 Å². The van der Waals surface area contributed by atoms with Gasteiger partial charge in [0.2, 0.25) is 11.0 Å². The van der Waals surface area contributed by atoms with Crippen molar-refractivity contribution in [2.45, 2.75) is 25.2 Å². The molecule has 1 aromatic heterocycles. The molecule has 2 aromatic carbocycles. The molecule has 1 aliphatic heterocycles. The zero-order valence-corrected chi connectivity index (χ0v) is 19.2. The Morgan fingerprint density at radius 2 is 1.93 bits per heavy atom. The molecule has 0 saturated carbocycles. The van der Waals surface area contributed by atoms with Crippen LogP contribution in [0.5, 0.6) is 17.4 Å². The van der Waals surface area contributed by atoms with E-state index in [-0.39, 0.29) is 0 Å². The maximum absolute atomic E-state index is 6.30. The first kappa shape index (κ1) is 20.7. The molecule has 9 heteroatoms. The molecule has 0 aliphatic carbocycles. The van der Waals surface area contributed by atoms with Crippen LogP contribution in [-0.2, 0) is 0 Å². The SMILES string of the molecule is CCOc1cc([C@H]2Nc3ccccc3-c3nnc(SC)nc3O2)cc(Br)c1OCC. The van der Waals surface area contributed by atoms with Crippen molar-refractivity contribution in [2.75, 3.05) is 24.8 Å². The van der Waals surface area contributed by atoms with Crippen LogP contribution in [-0.4, -0.2) is 34.7 Å². The number of thioether (sulfide) groups is 1. The molecule has 0 bridgehead atoms.